The van der Waals surface area contributed by atoms with Crippen molar-refractivity contribution in [2.75, 3.05) is 13.2 Å². The summed E-state index contributed by atoms with van der Waals surface area (Å²) in [5.41, 5.74) is 0. The molecule has 1 fully saturated rings. The van der Waals surface area contributed by atoms with Crippen molar-refractivity contribution < 1.29 is 57.0 Å². The summed E-state index contributed by atoms with van der Waals surface area (Å²) in [6, 6.07) is -1.14. The van der Waals surface area contributed by atoms with Gasteiger partial charge in [-0.2, -0.15) is 8.42 Å². The molecule has 0 saturated carbocycles. The minimum absolute atomic E-state index is 0.233. The normalized spacial score (nSPS) is 21.2. The molecule has 7 N–H and O–H groups in total. The molecule has 1 amide bonds. The Bertz CT molecular complexity index is 1340. The van der Waals surface area contributed by atoms with Crippen LogP contribution in [0, 0.1) is 0 Å². The molecular weight excluding hydrogens is 839 g/mol. The summed E-state index contributed by atoms with van der Waals surface area (Å²) < 4.78 is 47.3. The van der Waals surface area contributed by atoms with Crippen LogP contribution < -0.4 is 5.32 Å². The third-order valence-corrected chi connectivity index (χ3v) is 12.1. The minimum Gasteiger partial charge on any atom is -0.394 e. The van der Waals surface area contributed by atoms with Crippen LogP contribution in [0.25, 0.3) is 0 Å². The second-order valence-corrected chi connectivity index (χ2v) is 18.6. The number of aliphatic hydroxyl groups is 5. The summed E-state index contributed by atoms with van der Waals surface area (Å²) >= 11 is 0. The lowest BCUT2D eigenvalue weighted by Gasteiger charge is -2.41. The fourth-order valence-electron chi connectivity index (χ4n) is 7.69. The number of unbranched alkanes of at least 4 members (excludes halogenated alkanes) is 23. The quantitative estimate of drug-likeness (QED) is 0.0173. The molecular formula is C50H91NO12S. The average molecular weight is 930 g/mol. The Morgan fingerprint density at radius 3 is 1.64 bits per heavy atom. The zero-order valence-electron chi connectivity index (χ0n) is 39.7. The average Bonchev–Trinajstić information content (AvgIpc) is 3.27. The van der Waals surface area contributed by atoms with Gasteiger partial charge in [0.1, 0.15) is 30.5 Å². The molecule has 1 heterocycles. The van der Waals surface area contributed by atoms with E-state index in [1.165, 1.54) is 128 Å². The molecule has 374 valence electrons. The number of ether oxygens (including phenoxy) is 2. The number of amides is 1. The van der Waals surface area contributed by atoms with Crippen molar-refractivity contribution >= 4 is 16.3 Å². The molecule has 0 aromatic heterocycles. The van der Waals surface area contributed by atoms with E-state index in [-0.39, 0.29) is 6.42 Å². The molecule has 0 bridgehead atoms. The first-order valence-corrected chi connectivity index (χ1v) is 26.5. The summed E-state index contributed by atoms with van der Waals surface area (Å²) in [4.78, 5) is 13.1. The predicted octanol–water partition coefficient (Wildman–Crippen LogP) is 9.41. The van der Waals surface area contributed by atoms with Gasteiger partial charge in [-0.1, -0.05) is 191 Å². The molecule has 1 saturated heterocycles. The van der Waals surface area contributed by atoms with Crippen molar-refractivity contribution in [1.29, 1.82) is 0 Å². The molecule has 0 spiro atoms. The van der Waals surface area contributed by atoms with Crippen molar-refractivity contribution in [3.05, 3.63) is 48.6 Å². The largest absolute Gasteiger partial charge is 0.397 e. The van der Waals surface area contributed by atoms with E-state index < -0.39 is 78.5 Å². The van der Waals surface area contributed by atoms with E-state index in [1.807, 2.05) is 6.08 Å². The second kappa shape index (κ2) is 40.1. The van der Waals surface area contributed by atoms with E-state index in [4.69, 9.17) is 14.0 Å². The second-order valence-electron chi connectivity index (χ2n) is 17.5. The van der Waals surface area contributed by atoms with Crippen LogP contribution in [0.1, 0.15) is 200 Å². The van der Waals surface area contributed by atoms with Crippen LogP contribution in [-0.2, 0) is 28.9 Å². The Morgan fingerprint density at radius 1 is 0.641 bits per heavy atom. The van der Waals surface area contributed by atoms with Crippen molar-refractivity contribution in [3.8, 4) is 0 Å². The van der Waals surface area contributed by atoms with Crippen LogP contribution >= 0.6 is 0 Å². The number of hydrogen-bond donors (Lipinski definition) is 7. The van der Waals surface area contributed by atoms with Crippen molar-refractivity contribution in [2.45, 2.75) is 249 Å². The topological polar surface area (TPSA) is 212 Å². The fourth-order valence-corrected chi connectivity index (χ4v) is 8.20. The summed E-state index contributed by atoms with van der Waals surface area (Å²) in [6.07, 6.45) is 38.4. The Hall–Kier alpha value is -1.98. The van der Waals surface area contributed by atoms with Gasteiger partial charge >= 0.3 is 10.4 Å². The molecule has 8 unspecified atom stereocenters. The molecule has 0 aromatic carbocycles. The van der Waals surface area contributed by atoms with Gasteiger partial charge in [0.15, 0.2) is 6.29 Å². The molecule has 14 heteroatoms. The Morgan fingerprint density at radius 2 is 1.12 bits per heavy atom. The molecule has 1 rings (SSSR count). The molecule has 64 heavy (non-hydrogen) atoms. The summed E-state index contributed by atoms with van der Waals surface area (Å²) in [5.74, 6) is -0.719. The standard InChI is InChI=1S/C50H91NO12S/c1-3-5-7-9-11-12-13-14-15-16-17-18-19-20-21-22-23-24-25-26-27-28-29-30-31-33-35-37-39-44(54)49(57)51-42(43(53)38-36-34-32-10-8-6-4-2)41-61-50-47(56)48(63-64(58,59)60)46(55)45(40-52)62-50/h8,10,17-18,20-21,36,38,42-48,50,52-56H,3-7,9,11-16,19,22-35,37,39-41H2,1-2H3,(H,51,57)(H,58,59,60)/b10-8+,18-17-,21-20-,38-36+. The van der Waals surface area contributed by atoms with Gasteiger partial charge in [0.05, 0.1) is 25.4 Å². The lowest BCUT2D eigenvalue weighted by atomic mass is 9.99. The highest BCUT2D eigenvalue weighted by molar-refractivity contribution is 7.80. The van der Waals surface area contributed by atoms with Crippen molar-refractivity contribution in [3.63, 3.8) is 0 Å². The molecule has 0 radical (unpaired) electrons. The van der Waals surface area contributed by atoms with E-state index in [0.29, 0.717) is 12.8 Å². The maximum Gasteiger partial charge on any atom is 0.397 e. The van der Waals surface area contributed by atoms with Crippen LogP contribution in [0.15, 0.2) is 48.6 Å². The number of aliphatic hydroxyl groups excluding tert-OH is 5. The predicted molar refractivity (Wildman–Crippen MR) is 256 cm³/mol. The van der Waals surface area contributed by atoms with Gasteiger partial charge in [0.2, 0.25) is 5.91 Å². The molecule has 0 aromatic rings. The lowest BCUT2D eigenvalue weighted by Crippen LogP contribution is -2.61. The molecule has 1 aliphatic rings. The first kappa shape index (κ1) is 60.0. The van der Waals surface area contributed by atoms with E-state index in [2.05, 4.69) is 53.7 Å². The van der Waals surface area contributed by atoms with Crippen molar-refractivity contribution in [2.24, 2.45) is 0 Å². The first-order chi connectivity index (χ1) is 30.9. The van der Waals surface area contributed by atoms with E-state index >= 15 is 0 Å². The molecule has 13 nitrogen and oxygen atoms in total. The fraction of sp³-hybridized carbons (Fsp3) is 0.820. The third-order valence-electron chi connectivity index (χ3n) is 11.7. The molecule has 1 aliphatic heterocycles. The van der Waals surface area contributed by atoms with Gasteiger partial charge in [-0.15, -0.1) is 0 Å². The van der Waals surface area contributed by atoms with E-state index in [1.54, 1.807) is 6.08 Å². The zero-order chi connectivity index (χ0) is 47.1. The third kappa shape index (κ3) is 31.9. The van der Waals surface area contributed by atoms with Gasteiger partial charge < -0.3 is 40.3 Å². The van der Waals surface area contributed by atoms with Gasteiger partial charge in [0.25, 0.3) is 0 Å². The van der Waals surface area contributed by atoms with Gasteiger partial charge in [-0.25, -0.2) is 4.18 Å². The molecule has 0 aliphatic carbocycles. The number of hydrogen-bond acceptors (Lipinski definition) is 11. The van der Waals surface area contributed by atoms with Gasteiger partial charge in [-0.05, 0) is 57.8 Å². The van der Waals surface area contributed by atoms with Crippen LogP contribution in [-0.4, -0.2) is 107 Å². The van der Waals surface area contributed by atoms with Crippen LogP contribution in [0.4, 0.5) is 0 Å². The first-order valence-electron chi connectivity index (χ1n) is 25.1. The van der Waals surface area contributed by atoms with Crippen LogP contribution in [0.5, 0.6) is 0 Å². The van der Waals surface area contributed by atoms with Crippen LogP contribution in [0.2, 0.25) is 0 Å². The highest BCUT2D eigenvalue weighted by Crippen LogP contribution is 2.26. The molecule has 8 atom stereocenters. The van der Waals surface area contributed by atoms with Crippen molar-refractivity contribution in [1.82, 2.24) is 5.32 Å². The maximum atomic E-state index is 13.1. The van der Waals surface area contributed by atoms with Gasteiger partial charge in [-0.3, -0.25) is 9.35 Å². The van der Waals surface area contributed by atoms with E-state index in [0.717, 1.165) is 44.9 Å². The smallest absolute Gasteiger partial charge is 0.394 e. The zero-order valence-corrected chi connectivity index (χ0v) is 40.5. The lowest BCUT2D eigenvalue weighted by molar-refractivity contribution is -0.298. The summed E-state index contributed by atoms with van der Waals surface area (Å²) in [7, 11) is -5.12. The van der Waals surface area contributed by atoms with Crippen LogP contribution in [0.3, 0.4) is 0 Å². The highest BCUT2D eigenvalue weighted by atomic mass is 32.3. The minimum atomic E-state index is -5.12. The Kier molecular flexibility index (Phi) is 37.6. The monoisotopic (exact) mass is 930 g/mol. The summed E-state index contributed by atoms with van der Waals surface area (Å²) in [6.45, 7) is 3.07. The summed E-state index contributed by atoms with van der Waals surface area (Å²) in [5, 5.41) is 54.9. The Balaban J connectivity index is 2.30. The highest BCUT2D eigenvalue weighted by Gasteiger charge is 2.48. The number of rotatable bonds is 42. The number of carbonyl (C=O) groups is 1. The van der Waals surface area contributed by atoms with Gasteiger partial charge in [0, 0.05) is 0 Å². The van der Waals surface area contributed by atoms with E-state index in [9.17, 15) is 38.7 Å². The maximum absolute atomic E-state index is 13.1. The Labute approximate surface area is 388 Å². The SMILES string of the molecule is CCC/C=C/CC/C=C/C(O)C(COC1OC(CO)C(O)C(OS(=O)(=O)O)C1O)NC(=O)C(O)CCCCCCCCCCCCCC/C=C\C/C=C\CCCCCCCCCCC. The number of carbonyl (C=O) groups excluding carboxylic acids is 1. The number of allylic oxidation sites excluding steroid dienone is 7. The number of nitrogens with one attached hydrogen (secondary N) is 1.